The quantitative estimate of drug-likeness (QED) is 0.776. The molecule has 0 radical (unpaired) electrons. The Balaban J connectivity index is 1.71. The topological polar surface area (TPSA) is 32.8 Å². The first-order valence-corrected chi connectivity index (χ1v) is 7.98. The van der Waals surface area contributed by atoms with Gasteiger partial charge in [-0.2, -0.15) is 13.2 Å². The number of halogens is 3. The molecule has 132 valence electrons. The number of rotatable bonds is 1. The SMILES string of the molecule is CC(C)(C)OC(=O)N1C[C@@H]2C[C@H]1CN2c1cccc(C(F)(F)F)c1. The van der Waals surface area contributed by atoms with Gasteiger partial charge in [0.1, 0.15) is 5.60 Å². The summed E-state index contributed by atoms with van der Waals surface area (Å²) in [5, 5.41) is 0. The molecular weight excluding hydrogens is 321 g/mol. The molecule has 0 spiro atoms. The Morgan fingerprint density at radius 2 is 1.88 bits per heavy atom. The number of fused-ring (bicyclic) bond motifs is 2. The molecule has 4 nitrogen and oxygen atoms in total. The van der Waals surface area contributed by atoms with Gasteiger partial charge in [0, 0.05) is 24.8 Å². The fourth-order valence-corrected chi connectivity index (χ4v) is 3.39. The van der Waals surface area contributed by atoms with E-state index < -0.39 is 17.3 Å². The van der Waals surface area contributed by atoms with E-state index in [1.54, 1.807) is 11.0 Å². The highest BCUT2D eigenvalue weighted by molar-refractivity contribution is 5.70. The van der Waals surface area contributed by atoms with Gasteiger partial charge in [0.05, 0.1) is 11.6 Å². The summed E-state index contributed by atoms with van der Waals surface area (Å²) in [6.45, 7) is 6.46. The minimum Gasteiger partial charge on any atom is -0.444 e. The van der Waals surface area contributed by atoms with Crippen LogP contribution in [0.4, 0.5) is 23.7 Å². The third-order valence-electron chi connectivity index (χ3n) is 4.37. The number of carbonyl (C=O) groups is 1. The Morgan fingerprint density at radius 3 is 2.42 bits per heavy atom. The number of anilines is 1. The minimum atomic E-state index is -4.35. The first kappa shape index (κ1) is 16.9. The van der Waals surface area contributed by atoms with Crippen LogP contribution in [0.15, 0.2) is 24.3 Å². The lowest BCUT2D eigenvalue weighted by Crippen LogP contribution is -2.50. The Hall–Kier alpha value is -1.92. The molecule has 0 unspecified atom stereocenters. The van der Waals surface area contributed by atoms with Crippen LogP contribution in [0.1, 0.15) is 32.8 Å². The van der Waals surface area contributed by atoms with Gasteiger partial charge < -0.3 is 14.5 Å². The van der Waals surface area contributed by atoms with E-state index in [1.165, 1.54) is 12.1 Å². The first-order valence-electron chi connectivity index (χ1n) is 7.98. The summed E-state index contributed by atoms with van der Waals surface area (Å²) in [5.74, 6) is 0. The van der Waals surface area contributed by atoms with Crippen molar-refractivity contribution in [3.63, 3.8) is 0 Å². The minimum absolute atomic E-state index is 0.0145. The number of carbonyl (C=O) groups excluding carboxylic acids is 1. The summed E-state index contributed by atoms with van der Waals surface area (Å²) in [6, 6.07) is 5.39. The van der Waals surface area contributed by atoms with Crippen molar-refractivity contribution in [3.8, 4) is 0 Å². The average molecular weight is 342 g/mol. The van der Waals surface area contributed by atoms with E-state index in [0.29, 0.717) is 18.8 Å². The van der Waals surface area contributed by atoms with Gasteiger partial charge in [-0.1, -0.05) is 6.07 Å². The van der Waals surface area contributed by atoms with Gasteiger partial charge in [-0.15, -0.1) is 0 Å². The van der Waals surface area contributed by atoms with Crippen molar-refractivity contribution in [1.82, 2.24) is 4.90 Å². The van der Waals surface area contributed by atoms with E-state index in [4.69, 9.17) is 4.74 Å². The number of hydrogen-bond acceptors (Lipinski definition) is 3. The van der Waals surface area contributed by atoms with E-state index in [9.17, 15) is 18.0 Å². The normalized spacial score (nSPS) is 23.8. The highest BCUT2D eigenvalue weighted by atomic mass is 19.4. The molecule has 2 bridgehead atoms. The largest absolute Gasteiger partial charge is 0.444 e. The standard InChI is InChI=1S/C17H21F3N2O2/c1-16(2,3)24-15(23)22-10-13-8-14(22)9-21(13)12-6-4-5-11(7-12)17(18,19)20/h4-7,13-14H,8-10H2,1-3H3/t13-,14-/m0/s1. The Labute approximate surface area is 139 Å². The van der Waals surface area contributed by atoms with Gasteiger partial charge in [0.2, 0.25) is 0 Å². The van der Waals surface area contributed by atoms with E-state index in [0.717, 1.165) is 12.5 Å². The molecule has 24 heavy (non-hydrogen) atoms. The summed E-state index contributed by atoms with van der Waals surface area (Å²) in [5.41, 5.74) is -0.646. The fourth-order valence-electron chi connectivity index (χ4n) is 3.39. The number of benzene rings is 1. The van der Waals surface area contributed by atoms with Gasteiger partial charge in [-0.05, 0) is 45.4 Å². The number of piperazine rings is 1. The molecule has 3 rings (SSSR count). The number of likely N-dealkylation sites (tertiary alicyclic amines) is 1. The van der Waals surface area contributed by atoms with Gasteiger partial charge in [0.25, 0.3) is 0 Å². The Bertz CT molecular complexity index is 639. The van der Waals surface area contributed by atoms with Crippen LogP contribution in [0, 0.1) is 0 Å². The predicted molar refractivity (Wildman–Crippen MR) is 83.9 cm³/mol. The zero-order valence-electron chi connectivity index (χ0n) is 13.9. The summed E-state index contributed by atoms with van der Waals surface area (Å²) >= 11 is 0. The second kappa shape index (κ2) is 5.57. The van der Waals surface area contributed by atoms with Crippen LogP contribution in [0.3, 0.4) is 0 Å². The van der Waals surface area contributed by atoms with Crippen molar-refractivity contribution in [1.29, 1.82) is 0 Å². The summed E-state index contributed by atoms with van der Waals surface area (Å²) in [4.78, 5) is 15.9. The number of nitrogens with zero attached hydrogens (tertiary/aromatic N) is 2. The van der Waals surface area contributed by atoms with Crippen molar-refractivity contribution in [2.45, 2.75) is 51.1 Å². The van der Waals surface area contributed by atoms with Crippen LogP contribution < -0.4 is 4.90 Å². The molecular formula is C17H21F3N2O2. The molecule has 2 atom stereocenters. The molecule has 7 heteroatoms. The van der Waals surface area contributed by atoms with E-state index in [-0.39, 0.29) is 18.2 Å². The molecule has 0 saturated carbocycles. The lowest BCUT2D eigenvalue weighted by atomic mass is 10.1. The molecule has 0 aliphatic carbocycles. The third kappa shape index (κ3) is 3.30. The highest BCUT2D eigenvalue weighted by Gasteiger charge is 2.46. The molecule has 1 aromatic carbocycles. The molecule has 0 N–H and O–H groups in total. The zero-order valence-corrected chi connectivity index (χ0v) is 13.9. The molecule has 1 aromatic rings. The smallest absolute Gasteiger partial charge is 0.416 e. The summed E-state index contributed by atoms with van der Waals surface area (Å²) in [7, 11) is 0. The molecule has 1 amide bonds. The molecule has 0 aromatic heterocycles. The third-order valence-corrected chi connectivity index (χ3v) is 4.37. The summed E-state index contributed by atoms with van der Waals surface area (Å²) in [6.07, 6.45) is -3.94. The van der Waals surface area contributed by atoms with E-state index >= 15 is 0 Å². The number of amides is 1. The molecule has 2 heterocycles. The number of hydrogen-bond donors (Lipinski definition) is 0. The molecule has 2 fully saturated rings. The van der Waals surface area contributed by atoms with Crippen molar-refractivity contribution < 1.29 is 22.7 Å². The highest BCUT2D eigenvalue weighted by Crippen LogP contribution is 2.38. The monoisotopic (exact) mass is 342 g/mol. The maximum absolute atomic E-state index is 12.9. The second-order valence-electron chi connectivity index (χ2n) is 7.38. The van der Waals surface area contributed by atoms with E-state index in [2.05, 4.69) is 0 Å². The fraction of sp³-hybridized carbons (Fsp3) is 0.588. The van der Waals surface area contributed by atoms with Crippen molar-refractivity contribution in [2.24, 2.45) is 0 Å². The van der Waals surface area contributed by atoms with Crippen LogP contribution in [-0.2, 0) is 10.9 Å². The molecule has 2 aliphatic heterocycles. The zero-order chi connectivity index (χ0) is 17.7. The van der Waals surface area contributed by atoms with Gasteiger partial charge in [0.15, 0.2) is 0 Å². The van der Waals surface area contributed by atoms with Crippen LogP contribution in [0.2, 0.25) is 0 Å². The van der Waals surface area contributed by atoms with Crippen molar-refractivity contribution in [3.05, 3.63) is 29.8 Å². The number of alkyl halides is 3. The lowest BCUT2D eigenvalue weighted by molar-refractivity contribution is -0.137. The molecule has 2 aliphatic rings. The van der Waals surface area contributed by atoms with Crippen LogP contribution in [0.25, 0.3) is 0 Å². The maximum atomic E-state index is 12.9. The first-order chi connectivity index (χ1) is 11.0. The van der Waals surface area contributed by atoms with Gasteiger partial charge >= 0.3 is 12.3 Å². The number of ether oxygens (including phenoxy) is 1. The Morgan fingerprint density at radius 1 is 1.17 bits per heavy atom. The van der Waals surface area contributed by atoms with Crippen molar-refractivity contribution >= 4 is 11.8 Å². The van der Waals surface area contributed by atoms with Gasteiger partial charge in [-0.25, -0.2) is 4.79 Å². The van der Waals surface area contributed by atoms with Gasteiger partial charge in [-0.3, -0.25) is 0 Å². The molecule has 2 saturated heterocycles. The van der Waals surface area contributed by atoms with Crippen LogP contribution >= 0.6 is 0 Å². The van der Waals surface area contributed by atoms with Crippen LogP contribution in [-0.4, -0.2) is 41.8 Å². The summed E-state index contributed by atoms with van der Waals surface area (Å²) < 4.78 is 44.0. The predicted octanol–water partition coefficient (Wildman–Crippen LogP) is 3.90. The maximum Gasteiger partial charge on any atom is 0.416 e. The van der Waals surface area contributed by atoms with E-state index in [1.807, 2.05) is 25.7 Å². The lowest BCUT2D eigenvalue weighted by Gasteiger charge is -2.36. The Kier molecular flexibility index (Phi) is 3.92. The second-order valence-corrected chi connectivity index (χ2v) is 7.38. The van der Waals surface area contributed by atoms with Crippen LogP contribution in [0.5, 0.6) is 0 Å². The van der Waals surface area contributed by atoms with Crippen molar-refractivity contribution in [2.75, 3.05) is 18.0 Å². The average Bonchev–Trinajstić information content (AvgIpc) is 3.04.